The standard InChI is InChI=1S/C20H19N3O2S/c24-19(16-10-14-7-4-8-17(14)23-20(16)25)21-11-15-12-26-18(22-15)9-13-5-2-1-3-6-13/h1-3,5-6,10,12H,4,7-9,11H2,(H,21,24)(H,23,25). The third-order valence-electron chi connectivity index (χ3n) is 4.56. The number of rotatable bonds is 5. The van der Waals surface area contributed by atoms with E-state index in [0.29, 0.717) is 6.54 Å². The van der Waals surface area contributed by atoms with E-state index >= 15 is 0 Å². The van der Waals surface area contributed by atoms with Crippen LogP contribution in [0.4, 0.5) is 0 Å². The summed E-state index contributed by atoms with van der Waals surface area (Å²) in [5, 5.41) is 5.77. The maximum atomic E-state index is 12.4. The Hall–Kier alpha value is -2.73. The Morgan fingerprint density at radius 2 is 2.08 bits per heavy atom. The van der Waals surface area contributed by atoms with Gasteiger partial charge < -0.3 is 10.3 Å². The quantitative estimate of drug-likeness (QED) is 0.730. The molecule has 2 heterocycles. The second kappa shape index (κ2) is 7.25. The Bertz CT molecular complexity index is 992. The number of hydrogen-bond donors (Lipinski definition) is 2. The minimum Gasteiger partial charge on any atom is -0.346 e. The van der Waals surface area contributed by atoms with Gasteiger partial charge in [-0.05, 0) is 36.5 Å². The molecule has 2 aromatic heterocycles. The summed E-state index contributed by atoms with van der Waals surface area (Å²) in [6.07, 6.45) is 3.61. The molecule has 26 heavy (non-hydrogen) atoms. The van der Waals surface area contributed by atoms with Gasteiger partial charge in [-0.1, -0.05) is 30.3 Å². The molecule has 4 rings (SSSR count). The zero-order chi connectivity index (χ0) is 17.9. The number of fused-ring (bicyclic) bond motifs is 1. The molecule has 132 valence electrons. The number of aromatic amines is 1. The van der Waals surface area contributed by atoms with Crippen LogP contribution in [-0.2, 0) is 25.8 Å². The highest BCUT2D eigenvalue weighted by Crippen LogP contribution is 2.19. The Morgan fingerprint density at radius 3 is 2.92 bits per heavy atom. The number of carbonyl (C=O) groups is 1. The van der Waals surface area contributed by atoms with Gasteiger partial charge in [0, 0.05) is 17.5 Å². The third kappa shape index (κ3) is 3.60. The molecule has 0 atom stereocenters. The van der Waals surface area contributed by atoms with Gasteiger partial charge >= 0.3 is 0 Å². The van der Waals surface area contributed by atoms with Crippen LogP contribution >= 0.6 is 11.3 Å². The summed E-state index contributed by atoms with van der Waals surface area (Å²) in [6, 6.07) is 11.9. The van der Waals surface area contributed by atoms with E-state index in [-0.39, 0.29) is 17.0 Å². The van der Waals surface area contributed by atoms with E-state index in [0.717, 1.165) is 47.6 Å². The fourth-order valence-corrected chi connectivity index (χ4v) is 4.06. The van der Waals surface area contributed by atoms with Crippen LogP contribution in [0.15, 0.2) is 46.6 Å². The lowest BCUT2D eigenvalue weighted by molar-refractivity contribution is 0.0949. The number of thiazole rings is 1. The summed E-state index contributed by atoms with van der Waals surface area (Å²) in [7, 11) is 0. The number of nitrogens with zero attached hydrogens (tertiary/aromatic N) is 1. The summed E-state index contributed by atoms with van der Waals surface area (Å²) in [4.78, 5) is 31.9. The molecule has 0 fully saturated rings. The molecule has 0 saturated heterocycles. The van der Waals surface area contributed by atoms with Crippen molar-refractivity contribution in [1.82, 2.24) is 15.3 Å². The number of hydrogen-bond acceptors (Lipinski definition) is 4. The maximum absolute atomic E-state index is 12.4. The molecule has 0 radical (unpaired) electrons. The number of pyridine rings is 1. The van der Waals surface area contributed by atoms with Crippen molar-refractivity contribution in [3.63, 3.8) is 0 Å². The van der Waals surface area contributed by atoms with Crippen LogP contribution in [-0.4, -0.2) is 15.9 Å². The first-order chi connectivity index (χ1) is 12.7. The lowest BCUT2D eigenvalue weighted by atomic mass is 10.1. The van der Waals surface area contributed by atoms with Crippen molar-refractivity contribution in [2.75, 3.05) is 0 Å². The Kier molecular flexibility index (Phi) is 4.67. The summed E-state index contributed by atoms with van der Waals surface area (Å²) in [6.45, 7) is 0.320. The monoisotopic (exact) mass is 365 g/mol. The normalized spacial score (nSPS) is 12.8. The molecule has 0 bridgehead atoms. The molecule has 1 aliphatic carbocycles. The molecule has 0 aliphatic heterocycles. The van der Waals surface area contributed by atoms with Crippen molar-refractivity contribution in [2.45, 2.75) is 32.2 Å². The summed E-state index contributed by atoms with van der Waals surface area (Å²) < 4.78 is 0. The minimum absolute atomic E-state index is 0.186. The van der Waals surface area contributed by atoms with Crippen molar-refractivity contribution in [3.05, 3.63) is 85.2 Å². The molecule has 0 unspecified atom stereocenters. The summed E-state index contributed by atoms with van der Waals surface area (Å²) >= 11 is 1.58. The van der Waals surface area contributed by atoms with Crippen LogP contribution in [0.2, 0.25) is 0 Å². The van der Waals surface area contributed by atoms with Gasteiger partial charge in [-0.3, -0.25) is 9.59 Å². The fourth-order valence-electron chi connectivity index (χ4n) is 3.23. The van der Waals surface area contributed by atoms with Crippen LogP contribution in [0, 0.1) is 0 Å². The number of aryl methyl sites for hydroxylation is 2. The largest absolute Gasteiger partial charge is 0.346 e. The molecule has 6 heteroatoms. The van der Waals surface area contributed by atoms with Crippen molar-refractivity contribution in [2.24, 2.45) is 0 Å². The van der Waals surface area contributed by atoms with Gasteiger partial charge in [-0.15, -0.1) is 11.3 Å². The second-order valence-corrected chi connectivity index (χ2v) is 7.39. The first-order valence-corrected chi connectivity index (χ1v) is 9.57. The highest BCUT2D eigenvalue weighted by atomic mass is 32.1. The predicted octanol–water partition coefficient (Wildman–Crippen LogP) is 2.84. The number of benzene rings is 1. The Balaban J connectivity index is 1.40. The van der Waals surface area contributed by atoms with Gasteiger partial charge in [0.05, 0.1) is 17.2 Å². The van der Waals surface area contributed by atoms with E-state index in [2.05, 4.69) is 27.4 Å². The zero-order valence-corrected chi connectivity index (χ0v) is 15.1. The average Bonchev–Trinajstić information content (AvgIpc) is 3.28. The number of nitrogens with one attached hydrogen (secondary N) is 2. The van der Waals surface area contributed by atoms with Crippen molar-refractivity contribution in [3.8, 4) is 0 Å². The van der Waals surface area contributed by atoms with E-state index < -0.39 is 0 Å². The smallest absolute Gasteiger partial charge is 0.261 e. The van der Waals surface area contributed by atoms with Crippen LogP contribution in [0.25, 0.3) is 0 Å². The molecular formula is C20H19N3O2S. The molecule has 0 spiro atoms. The number of H-pyrrole nitrogens is 1. The van der Waals surface area contributed by atoms with Gasteiger partial charge in [0.1, 0.15) is 5.56 Å². The molecule has 5 nitrogen and oxygen atoms in total. The Morgan fingerprint density at radius 1 is 1.23 bits per heavy atom. The highest BCUT2D eigenvalue weighted by Gasteiger charge is 2.18. The number of carbonyl (C=O) groups excluding carboxylic acids is 1. The van der Waals surface area contributed by atoms with Gasteiger partial charge in [-0.2, -0.15) is 0 Å². The van der Waals surface area contributed by atoms with E-state index in [1.165, 1.54) is 5.56 Å². The van der Waals surface area contributed by atoms with Crippen molar-refractivity contribution in [1.29, 1.82) is 0 Å². The maximum Gasteiger partial charge on any atom is 0.261 e. The van der Waals surface area contributed by atoms with Crippen molar-refractivity contribution < 1.29 is 4.79 Å². The Labute approximate surface area is 155 Å². The van der Waals surface area contributed by atoms with Gasteiger partial charge in [-0.25, -0.2) is 4.98 Å². The fraction of sp³-hybridized carbons (Fsp3) is 0.250. The van der Waals surface area contributed by atoms with Gasteiger partial charge in [0.15, 0.2) is 0 Å². The second-order valence-electron chi connectivity index (χ2n) is 6.45. The summed E-state index contributed by atoms with van der Waals surface area (Å²) in [5.41, 5.74) is 3.94. The lowest BCUT2D eigenvalue weighted by Gasteiger charge is -2.05. The SMILES string of the molecule is O=C(NCc1csc(Cc2ccccc2)n1)c1cc2c([nH]c1=O)CCC2. The van der Waals surface area contributed by atoms with Crippen molar-refractivity contribution >= 4 is 17.2 Å². The van der Waals surface area contributed by atoms with E-state index in [1.807, 2.05) is 23.6 Å². The molecule has 3 aromatic rings. The molecule has 1 aliphatic rings. The highest BCUT2D eigenvalue weighted by molar-refractivity contribution is 7.09. The van der Waals surface area contributed by atoms with Crippen LogP contribution < -0.4 is 10.9 Å². The average molecular weight is 365 g/mol. The van der Waals surface area contributed by atoms with Crippen LogP contribution in [0.5, 0.6) is 0 Å². The lowest BCUT2D eigenvalue weighted by Crippen LogP contribution is -2.30. The first-order valence-electron chi connectivity index (χ1n) is 8.69. The van der Waals surface area contributed by atoms with Crippen LogP contribution in [0.1, 0.15) is 44.3 Å². The molecule has 0 saturated carbocycles. The minimum atomic E-state index is -0.349. The molecular weight excluding hydrogens is 346 g/mol. The zero-order valence-electron chi connectivity index (χ0n) is 14.2. The van der Waals surface area contributed by atoms with Crippen LogP contribution in [0.3, 0.4) is 0 Å². The third-order valence-corrected chi connectivity index (χ3v) is 5.46. The number of aromatic nitrogens is 2. The van der Waals surface area contributed by atoms with E-state index in [9.17, 15) is 9.59 Å². The predicted molar refractivity (Wildman–Crippen MR) is 102 cm³/mol. The van der Waals surface area contributed by atoms with Gasteiger partial charge in [0.2, 0.25) is 0 Å². The van der Waals surface area contributed by atoms with Gasteiger partial charge in [0.25, 0.3) is 11.5 Å². The first kappa shape index (κ1) is 16.7. The topological polar surface area (TPSA) is 74.8 Å². The summed E-state index contributed by atoms with van der Waals surface area (Å²) in [5.74, 6) is -0.349. The molecule has 1 aromatic carbocycles. The number of amides is 1. The molecule has 1 amide bonds. The van der Waals surface area contributed by atoms with E-state index in [1.54, 1.807) is 17.4 Å². The molecule has 2 N–H and O–H groups in total. The van der Waals surface area contributed by atoms with E-state index in [4.69, 9.17) is 0 Å².